The Hall–Kier alpha value is -3.05. The minimum Gasteiger partial charge on any atom is -0.383 e. The minimum absolute atomic E-state index is 0.0722. The zero-order valence-electron chi connectivity index (χ0n) is 21.1. The molecule has 0 aliphatic carbocycles. The van der Waals surface area contributed by atoms with Crippen LogP contribution in [0.2, 0.25) is 4.34 Å². The number of benzene rings is 1. The number of likely N-dealkylation sites (tertiary alicyclic amines) is 1. The van der Waals surface area contributed by atoms with E-state index in [1.54, 1.807) is 0 Å². The molecule has 0 saturated carbocycles. The van der Waals surface area contributed by atoms with Crippen molar-refractivity contribution >= 4 is 45.6 Å². The Morgan fingerprint density at radius 1 is 1.05 bits per heavy atom. The maximum Gasteiger partial charge on any atom is 0.237 e. The molecule has 5 heterocycles. The second kappa shape index (κ2) is 11.0. The first-order valence-corrected chi connectivity index (χ1v) is 14.2. The number of halogens is 1. The summed E-state index contributed by atoms with van der Waals surface area (Å²) in [6.07, 6.45) is 5.18. The number of hydrogen-bond donors (Lipinski definition) is 1. The Bertz CT molecular complexity index is 1430. The Balaban J connectivity index is 1.20. The van der Waals surface area contributed by atoms with E-state index in [1.165, 1.54) is 36.9 Å². The molecule has 11 heteroatoms. The molecule has 198 valence electrons. The summed E-state index contributed by atoms with van der Waals surface area (Å²) >= 11 is 7.54. The van der Waals surface area contributed by atoms with Gasteiger partial charge in [-0.25, -0.2) is 9.97 Å². The lowest BCUT2D eigenvalue weighted by Crippen LogP contribution is -2.59. The van der Waals surface area contributed by atoms with Crippen molar-refractivity contribution < 1.29 is 9.32 Å². The molecular weight excluding hydrogens is 522 g/mol. The van der Waals surface area contributed by atoms with Crippen molar-refractivity contribution in [2.24, 2.45) is 0 Å². The van der Waals surface area contributed by atoms with Gasteiger partial charge in [0.2, 0.25) is 5.91 Å². The van der Waals surface area contributed by atoms with Gasteiger partial charge in [0, 0.05) is 37.6 Å². The summed E-state index contributed by atoms with van der Waals surface area (Å²) in [6.45, 7) is 5.25. The van der Waals surface area contributed by atoms with E-state index in [0.717, 1.165) is 53.2 Å². The van der Waals surface area contributed by atoms with Crippen LogP contribution in [0.15, 0.2) is 47.2 Å². The summed E-state index contributed by atoms with van der Waals surface area (Å²) < 4.78 is 6.29. The number of hydrogen-bond acceptors (Lipinski definition) is 9. The van der Waals surface area contributed by atoms with E-state index in [9.17, 15) is 4.79 Å². The van der Waals surface area contributed by atoms with Gasteiger partial charge in [-0.15, -0.1) is 11.3 Å². The van der Waals surface area contributed by atoms with Crippen molar-refractivity contribution in [2.45, 2.75) is 38.4 Å². The van der Waals surface area contributed by atoms with Crippen molar-refractivity contribution in [1.82, 2.24) is 29.8 Å². The van der Waals surface area contributed by atoms with Crippen LogP contribution in [0.25, 0.3) is 21.5 Å². The highest BCUT2D eigenvalue weighted by Gasteiger charge is 2.34. The summed E-state index contributed by atoms with van der Waals surface area (Å²) in [6, 6.07) is 11.8. The summed E-state index contributed by atoms with van der Waals surface area (Å²) in [5.41, 5.74) is 8.66. The molecular formula is C27H30ClN7O2S. The van der Waals surface area contributed by atoms with E-state index in [-0.39, 0.29) is 11.9 Å². The van der Waals surface area contributed by atoms with Crippen molar-refractivity contribution in [3.8, 4) is 10.6 Å². The van der Waals surface area contributed by atoms with Gasteiger partial charge in [-0.3, -0.25) is 9.69 Å². The molecule has 1 aromatic carbocycles. The van der Waals surface area contributed by atoms with E-state index in [2.05, 4.69) is 24.9 Å². The van der Waals surface area contributed by atoms with Crippen LogP contribution in [0, 0.1) is 0 Å². The minimum atomic E-state index is 0.0722. The zero-order valence-corrected chi connectivity index (χ0v) is 22.6. The van der Waals surface area contributed by atoms with Crippen molar-refractivity contribution in [2.75, 3.05) is 38.5 Å². The number of amides is 1. The molecule has 0 radical (unpaired) electrons. The van der Waals surface area contributed by atoms with E-state index < -0.39 is 0 Å². The predicted octanol–water partition coefficient (Wildman–Crippen LogP) is 4.28. The lowest BCUT2D eigenvalue weighted by Gasteiger charge is -2.43. The second-order valence-electron chi connectivity index (χ2n) is 10.1. The van der Waals surface area contributed by atoms with Crippen LogP contribution in [-0.2, 0) is 17.9 Å². The van der Waals surface area contributed by atoms with Crippen LogP contribution >= 0.6 is 22.9 Å². The third kappa shape index (κ3) is 5.54. The predicted molar refractivity (Wildman–Crippen MR) is 149 cm³/mol. The van der Waals surface area contributed by atoms with Crippen molar-refractivity contribution in [3.63, 3.8) is 0 Å². The van der Waals surface area contributed by atoms with Gasteiger partial charge in [0.15, 0.2) is 5.76 Å². The van der Waals surface area contributed by atoms with E-state index >= 15 is 0 Å². The van der Waals surface area contributed by atoms with E-state index in [1.807, 2.05) is 41.3 Å². The number of carbonyl (C=O) groups is 1. The van der Waals surface area contributed by atoms with Gasteiger partial charge >= 0.3 is 0 Å². The number of carbonyl (C=O) groups excluding carboxylic acids is 1. The molecule has 0 unspecified atom stereocenters. The topological polar surface area (TPSA) is 105 Å². The van der Waals surface area contributed by atoms with E-state index in [0.29, 0.717) is 35.5 Å². The average molecular weight is 552 g/mol. The molecule has 6 rings (SSSR count). The second-order valence-corrected chi connectivity index (χ2v) is 11.8. The Morgan fingerprint density at radius 3 is 2.74 bits per heavy atom. The summed E-state index contributed by atoms with van der Waals surface area (Å²) in [4.78, 5) is 29.7. The number of nitrogen functional groups attached to an aromatic ring is 1. The fraction of sp³-hybridized carbons (Fsp3) is 0.407. The monoisotopic (exact) mass is 551 g/mol. The standard InChI is InChI=1S/C27H30ClN7O2S/c28-25-7-6-24(38-25)23-11-19(32-37-23)13-34-15-20(14-33-8-2-1-3-9-33)35(26(36)16-34)12-18-4-5-21-22(10-18)30-17-31-27(21)29/h4-7,10-11,17,20H,1-3,8-9,12-16H2,(H2,29,30,31)/t20-/m0/s1. The smallest absolute Gasteiger partial charge is 0.237 e. The van der Waals surface area contributed by atoms with Gasteiger partial charge in [0.25, 0.3) is 0 Å². The third-order valence-corrected chi connectivity index (χ3v) is 8.60. The molecule has 9 nitrogen and oxygen atoms in total. The number of fused-ring (bicyclic) bond motifs is 1. The fourth-order valence-corrected chi connectivity index (χ4v) is 6.47. The fourth-order valence-electron chi connectivity index (χ4n) is 5.48. The van der Waals surface area contributed by atoms with Gasteiger partial charge in [-0.1, -0.05) is 29.2 Å². The molecule has 2 aliphatic rings. The molecule has 2 fully saturated rings. The van der Waals surface area contributed by atoms with Gasteiger partial charge in [-0.2, -0.15) is 0 Å². The quantitative estimate of drug-likeness (QED) is 0.363. The maximum absolute atomic E-state index is 13.6. The first-order chi connectivity index (χ1) is 18.5. The molecule has 4 aromatic rings. The molecule has 2 N–H and O–H groups in total. The first kappa shape index (κ1) is 25.2. The summed E-state index contributed by atoms with van der Waals surface area (Å²) in [5.74, 6) is 1.29. The highest BCUT2D eigenvalue weighted by Crippen LogP contribution is 2.32. The highest BCUT2D eigenvalue weighted by atomic mass is 35.5. The molecule has 38 heavy (non-hydrogen) atoms. The average Bonchev–Trinajstić information content (AvgIpc) is 3.56. The molecule has 0 spiro atoms. The molecule has 3 aromatic heterocycles. The van der Waals surface area contributed by atoms with Crippen LogP contribution in [0.4, 0.5) is 5.82 Å². The number of rotatable bonds is 7. The van der Waals surface area contributed by atoms with Gasteiger partial charge in [-0.05, 0) is 55.8 Å². The maximum atomic E-state index is 13.6. The molecule has 2 saturated heterocycles. The summed E-state index contributed by atoms with van der Waals surface area (Å²) in [7, 11) is 0. The molecule has 0 bridgehead atoms. The van der Waals surface area contributed by atoms with E-state index in [4.69, 9.17) is 21.9 Å². The Labute approximate surface area is 230 Å². The normalized spacial score (nSPS) is 19.4. The number of aromatic nitrogens is 3. The van der Waals surface area contributed by atoms with Gasteiger partial charge < -0.3 is 20.1 Å². The van der Waals surface area contributed by atoms with Crippen LogP contribution in [0.5, 0.6) is 0 Å². The Kier molecular flexibility index (Phi) is 7.29. The lowest BCUT2D eigenvalue weighted by molar-refractivity contribution is -0.141. The number of nitrogens with two attached hydrogens (primary N) is 1. The lowest BCUT2D eigenvalue weighted by atomic mass is 10.0. The van der Waals surface area contributed by atoms with Gasteiger partial charge in [0.05, 0.1) is 33.0 Å². The Morgan fingerprint density at radius 2 is 1.92 bits per heavy atom. The third-order valence-electron chi connectivity index (χ3n) is 7.35. The SMILES string of the molecule is Nc1ncnc2cc(CN3C(=O)CN(Cc4cc(-c5ccc(Cl)s5)on4)C[C@@H]3CN3CCCCC3)ccc12. The number of nitrogens with zero attached hydrogens (tertiary/aromatic N) is 6. The number of piperazine rings is 1. The van der Waals surface area contributed by atoms with Crippen LogP contribution in [0.3, 0.4) is 0 Å². The summed E-state index contributed by atoms with van der Waals surface area (Å²) in [5, 5.41) is 5.10. The molecule has 1 atom stereocenters. The van der Waals surface area contributed by atoms with Crippen LogP contribution < -0.4 is 5.73 Å². The largest absolute Gasteiger partial charge is 0.383 e. The van der Waals surface area contributed by atoms with Crippen molar-refractivity contribution in [1.29, 1.82) is 0 Å². The van der Waals surface area contributed by atoms with Crippen LogP contribution in [0.1, 0.15) is 30.5 Å². The van der Waals surface area contributed by atoms with Crippen LogP contribution in [-0.4, -0.2) is 74.5 Å². The highest BCUT2D eigenvalue weighted by molar-refractivity contribution is 7.19. The molecule has 2 aliphatic heterocycles. The van der Waals surface area contributed by atoms with Crippen molar-refractivity contribution in [3.05, 3.63) is 58.3 Å². The zero-order chi connectivity index (χ0) is 26.1. The number of anilines is 1. The van der Waals surface area contributed by atoms with Gasteiger partial charge in [0.1, 0.15) is 12.1 Å². The molecule has 1 amide bonds. The first-order valence-electron chi connectivity index (χ1n) is 13.0. The number of thiophene rings is 1. The number of piperidine rings is 1.